The molecule has 1 saturated heterocycles. The lowest BCUT2D eigenvalue weighted by Gasteiger charge is -2.31. The monoisotopic (exact) mass is 464 g/mol. The van der Waals surface area contributed by atoms with E-state index in [0.717, 1.165) is 12.8 Å². The SMILES string of the molecule is O=C(NC1CC1)C1CCN(C(=O)c2cc(Cn3c(=O)[nH]c(=O)c4ccccc43)ccc2F)CC1. The second kappa shape index (κ2) is 8.89. The van der Waals surface area contributed by atoms with Crippen LogP contribution >= 0.6 is 0 Å². The van der Waals surface area contributed by atoms with Crippen LogP contribution in [0.25, 0.3) is 10.9 Å². The van der Waals surface area contributed by atoms with Crippen molar-refractivity contribution in [2.75, 3.05) is 13.1 Å². The third kappa shape index (κ3) is 4.37. The Kier molecular flexibility index (Phi) is 5.77. The number of carbonyl (C=O) groups is 2. The molecule has 0 bridgehead atoms. The maximum atomic E-state index is 14.6. The number of amides is 2. The quantitative estimate of drug-likeness (QED) is 0.603. The second-order valence-corrected chi connectivity index (χ2v) is 9.03. The molecule has 5 rings (SSSR count). The third-order valence-corrected chi connectivity index (χ3v) is 6.58. The zero-order chi connectivity index (χ0) is 23.8. The number of hydrogen-bond acceptors (Lipinski definition) is 4. The van der Waals surface area contributed by atoms with Gasteiger partial charge in [-0.1, -0.05) is 18.2 Å². The molecular formula is C25H25FN4O4. The van der Waals surface area contributed by atoms with Crippen LogP contribution in [0.5, 0.6) is 0 Å². The number of nitrogens with one attached hydrogen (secondary N) is 2. The molecule has 1 saturated carbocycles. The van der Waals surface area contributed by atoms with Gasteiger partial charge in [0.2, 0.25) is 5.91 Å². The number of aromatic nitrogens is 2. The summed E-state index contributed by atoms with van der Waals surface area (Å²) >= 11 is 0. The van der Waals surface area contributed by atoms with Gasteiger partial charge in [-0.2, -0.15) is 0 Å². The average molecular weight is 464 g/mol. The number of fused-ring (bicyclic) bond motifs is 1. The molecule has 1 aliphatic carbocycles. The molecule has 176 valence electrons. The predicted octanol–water partition coefficient (Wildman–Crippen LogP) is 2.01. The summed E-state index contributed by atoms with van der Waals surface area (Å²) in [6, 6.07) is 11.2. The minimum Gasteiger partial charge on any atom is -0.353 e. The highest BCUT2D eigenvalue weighted by Crippen LogP contribution is 2.24. The van der Waals surface area contributed by atoms with Gasteiger partial charge in [0.15, 0.2) is 0 Å². The number of likely N-dealkylation sites (tertiary alicyclic amines) is 1. The first-order valence-electron chi connectivity index (χ1n) is 11.5. The first kappa shape index (κ1) is 22.1. The molecule has 1 aliphatic heterocycles. The summed E-state index contributed by atoms with van der Waals surface area (Å²) in [5.74, 6) is -1.15. The van der Waals surface area contributed by atoms with E-state index in [2.05, 4.69) is 10.3 Å². The van der Waals surface area contributed by atoms with Crippen LogP contribution in [0.15, 0.2) is 52.1 Å². The Balaban J connectivity index is 1.34. The highest BCUT2D eigenvalue weighted by molar-refractivity contribution is 5.95. The van der Waals surface area contributed by atoms with Crippen LogP contribution in [-0.2, 0) is 11.3 Å². The Morgan fingerprint density at radius 3 is 2.50 bits per heavy atom. The van der Waals surface area contributed by atoms with Crippen molar-refractivity contribution in [3.8, 4) is 0 Å². The molecule has 2 N–H and O–H groups in total. The van der Waals surface area contributed by atoms with E-state index in [9.17, 15) is 23.6 Å². The fraction of sp³-hybridized carbons (Fsp3) is 0.360. The van der Waals surface area contributed by atoms with Crippen LogP contribution in [0, 0.1) is 11.7 Å². The van der Waals surface area contributed by atoms with Crippen LogP contribution in [0.3, 0.4) is 0 Å². The zero-order valence-electron chi connectivity index (χ0n) is 18.6. The summed E-state index contributed by atoms with van der Waals surface area (Å²) in [4.78, 5) is 53.8. The molecule has 2 aliphatic rings. The lowest BCUT2D eigenvalue weighted by Crippen LogP contribution is -2.43. The van der Waals surface area contributed by atoms with Gasteiger partial charge in [-0.25, -0.2) is 9.18 Å². The van der Waals surface area contributed by atoms with E-state index in [-0.39, 0.29) is 23.9 Å². The molecule has 34 heavy (non-hydrogen) atoms. The fourth-order valence-corrected chi connectivity index (χ4v) is 4.48. The topological polar surface area (TPSA) is 104 Å². The highest BCUT2D eigenvalue weighted by atomic mass is 19.1. The lowest BCUT2D eigenvalue weighted by molar-refractivity contribution is -0.126. The van der Waals surface area contributed by atoms with Crippen molar-refractivity contribution in [3.63, 3.8) is 0 Å². The lowest BCUT2D eigenvalue weighted by atomic mass is 9.95. The molecule has 9 heteroatoms. The Morgan fingerprint density at radius 1 is 1.03 bits per heavy atom. The number of nitrogens with zero attached hydrogens (tertiary/aromatic N) is 2. The van der Waals surface area contributed by atoms with Crippen molar-refractivity contribution >= 4 is 22.7 Å². The fourth-order valence-electron chi connectivity index (χ4n) is 4.48. The van der Waals surface area contributed by atoms with E-state index in [4.69, 9.17) is 0 Å². The maximum Gasteiger partial charge on any atom is 0.329 e. The standard InChI is InChI=1S/C25H25FN4O4/c26-20-8-5-15(14-30-21-4-2-1-3-18(21)23(32)28-25(30)34)13-19(20)24(33)29-11-9-16(10-12-29)22(31)27-17-6-7-17/h1-5,8,13,16-17H,6-7,9-12,14H2,(H,27,31)(H,28,32,34). The van der Waals surface area contributed by atoms with Gasteiger partial charge in [0.05, 0.1) is 23.0 Å². The summed E-state index contributed by atoms with van der Waals surface area (Å²) in [6.45, 7) is 0.838. The van der Waals surface area contributed by atoms with Crippen molar-refractivity contribution < 1.29 is 14.0 Å². The van der Waals surface area contributed by atoms with Crippen molar-refractivity contribution in [3.05, 3.63) is 80.2 Å². The summed E-state index contributed by atoms with van der Waals surface area (Å²) in [5.41, 5.74) is -0.101. The smallest absolute Gasteiger partial charge is 0.329 e. The normalized spacial score (nSPS) is 16.6. The second-order valence-electron chi connectivity index (χ2n) is 9.03. The van der Waals surface area contributed by atoms with Gasteiger partial charge in [0, 0.05) is 25.0 Å². The molecule has 3 aromatic rings. The number of carbonyl (C=O) groups excluding carboxylic acids is 2. The molecule has 2 amide bonds. The number of aromatic amines is 1. The first-order valence-corrected chi connectivity index (χ1v) is 11.5. The van der Waals surface area contributed by atoms with E-state index in [0.29, 0.717) is 48.4 Å². The van der Waals surface area contributed by atoms with Crippen LogP contribution in [-0.4, -0.2) is 45.4 Å². The Morgan fingerprint density at radius 2 is 1.76 bits per heavy atom. The molecule has 0 atom stereocenters. The number of hydrogen-bond donors (Lipinski definition) is 2. The number of H-pyrrole nitrogens is 1. The highest BCUT2D eigenvalue weighted by Gasteiger charge is 2.32. The molecule has 2 aromatic carbocycles. The summed E-state index contributed by atoms with van der Waals surface area (Å²) < 4.78 is 16.0. The number of piperidine rings is 1. The van der Waals surface area contributed by atoms with E-state index in [1.54, 1.807) is 29.2 Å². The van der Waals surface area contributed by atoms with Crippen LogP contribution < -0.4 is 16.6 Å². The number of benzene rings is 2. The van der Waals surface area contributed by atoms with Gasteiger partial charge in [0.25, 0.3) is 11.5 Å². The zero-order valence-corrected chi connectivity index (χ0v) is 18.6. The van der Waals surface area contributed by atoms with Crippen LogP contribution in [0.4, 0.5) is 4.39 Å². The molecule has 0 unspecified atom stereocenters. The Hall–Kier alpha value is -3.75. The van der Waals surface area contributed by atoms with Crippen molar-refractivity contribution in [1.82, 2.24) is 19.8 Å². The van der Waals surface area contributed by atoms with Gasteiger partial charge in [0.1, 0.15) is 5.82 Å². The van der Waals surface area contributed by atoms with Crippen molar-refractivity contribution in [2.24, 2.45) is 5.92 Å². The van der Waals surface area contributed by atoms with E-state index in [1.807, 2.05) is 0 Å². The first-order chi connectivity index (χ1) is 16.4. The number of rotatable bonds is 5. The van der Waals surface area contributed by atoms with Crippen LogP contribution in [0.2, 0.25) is 0 Å². The molecule has 8 nitrogen and oxygen atoms in total. The molecule has 0 spiro atoms. The molecular weight excluding hydrogens is 439 g/mol. The van der Waals surface area contributed by atoms with Gasteiger partial charge in [-0.05, 0) is 55.5 Å². The number of para-hydroxylation sites is 1. The van der Waals surface area contributed by atoms with Gasteiger partial charge >= 0.3 is 5.69 Å². The summed E-state index contributed by atoms with van der Waals surface area (Å²) in [5, 5.41) is 3.38. The number of halogens is 1. The minimum absolute atomic E-state index is 0.0429. The average Bonchev–Trinajstić information content (AvgIpc) is 3.66. The third-order valence-electron chi connectivity index (χ3n) is 6.58. The molecule has 2 heterocycles. The molecule has 0 radical (unpaired) electrons. The van der Waals surface area contributed by atoms with Crippen LogP contribution in [0.1, 0.15) is 41.6 Å². The van der Waals surface area contributed by atoms with E-state index in [1.165, 1.54) is 22.8 Å². The maximum absolute atomic E-state index is 14.6. The largest absolute Gasteiger partial charge is 0.353 e. The Bertz CT molecular complexity index is 1380. The van der Waals surface area contributed by atoms with Gasteiger partial charge < -0.3 is 10.2 Å². The molecule has 1 aromatic heterocycles. The van der Waals surface area contributed by atoms with Crippen molar-refractivity contribution in [1.29, 1.82) is 0 Å². The van der Waals surface area contributed by atoms with Gasteiger partial charge in [-0.3, -0.25) is 23.9 Å². The van der Waals surface area contributed by atoms with E-state index >= 15 is 0 Å². The summed E-state index contributed by atoms with van der Waals surface area (Å²) in [7, 11) is 0. The Labute approximate surface area is 194 Å². The summed E-state index contributed by atoms with van der Waals surface area (Å²) in [6.07, 6.45) is 3.15. The van der Waals surface area contributed by atoms with E-state index < -0.39 is 23.0 Å². The minimum atomic E-state index is -0.638. The predicted molar refractivity (Wildman–Crippen MR) is 124 cm³/mol. The van der Waals surface area contributed by atoms with Crippen molar-refractivity contribution in [2.45, 2.75) is 38.3 Å². The van der Waals surface area contributed by atoms with Gasteiger partial charge in [-0.15, -0.1) is 0 Å². The molecule has 2 fully saturated rings.